The van der Waals surface area contributed by atoms with Crippen LogP contribution < -0.4 is 4.74 Å². The van der Waals surface area contributed by atoms with E-state index in [2.05, 4.69) is 13.5 Å². The van der Waals surface area contributed by atoms with E-state index < -0.39 is 12.6 Å². The molecule has 0 aromatic heterocycles. The number of Topliss-reactive ketones (excluding diaryl/α,β-unsaturated/α-hetero) is 1. The predicted molar refractivity (Wildman–Crippen MR) is 87.2 cm³/mol. The standard InChI is InChI=1S/C16H18Cl2O4/c1-3-4-5-6-10(2)16(21)11-7-8-12(15(18)14(11)17)22-9-13(19)20/h7-8H,2-6,9H2,1H3,(H,19,20). The minimum absolute atomic E-state index is 0.0233. The number of unbranched alkanes of at least 4 members (excludes halogenated alkanes) is 2. The minimum atomic E-state index is -1.13. The molecule has 0 heterocycles. The molecule has 0 bridgehead atoms. The molecule has 0 aliphatic heterocycles. The predicted octanol–water partition coefficient (Wildman–Crippen LogP) is 4.78. The molecule has 0 radical (unpaired) electrons. The lowest BCUT2D eigenvalue weighted by Gasteiger charge is -2.11. The van der Waals surface area contributed by atoms with Gasteiger partial charge < -0.3 is 9.84 Å². The van der Waals surface area contributed by atoms with Crippen LogP contribution in [0.4, 0.5) is 0 Å². The molecule has 0 aliphatic carbocycles. The van der Waals surface area contributed by atoms with E-state index >= 15 is 0 Å². The Morgan fingerprint density at radius 3 is 2.50 bits per heavy atom. The van der Waals surface area contributed by atoms with Gasteiger partial charge in [-0.1, -0.05) is 49.5 Å². The van der Waals surface area contributed by atoms with Crippen molar-refractivity contribution in [2.24, 2.45) is 0 Å². The average molecular weight is 345 g/mol. The number of carbonyl (C=O) groups is 2. The summed E-state index contributed by atoms with van der Waals surface area (Å²) in [6.07, 6.45) is 3.59. The lowest BCUT2D eigenvalue weighted by Crippen LogP contribution is -2.10. The summed E-state index contributed by atoms with van der Waals surface area (Å²) in [5.74, 6) is -1.26. The zero-order valence-corrected chi connectivity index (χ0v) is 13.8. The second-order valence-corrected chi connectivity index (χ2v) is 5.57. The Labute approximate surface area is 139 Å². The average Bonchev–Trinajstić information content (AvgIpc) is 2.48. The zero-order valence-electron chi connectivity index (χ0n) is 12.3. The summed E-state index contributed by atoms with van der Waals surface area (Å²) < 4.78 is 5.00. The molecule has 1 rings (SSSR count). The van der Waals surface area contributed by atoms with Crippen LogP contribution >= 0.6 is 23.2 Å². The lowest BCUT2D eigenvalue weighted by atomic mass is 9.99. The van der Waals surface area contributed by atoms with Gasteiger partial charge in [-0.05, 0) is 30.5 Å². The first kappa shape index (κ1) is 18.5. The van der Waals surface area contributed by atoms with Crippen LogP contribution in [0, 0.1) is 0 Å². The number of halogens is 2. The molecule has 0 atom stereocenters. The van der Waals surface area contributed by atoms with Gasteiger partial charge in [-0.25, -0.2) is 4.79 Å². The van der Waals surface area contributed by atoms with Crippen LogP contribution in [-0.4, -0.2) is 23.5 Å². The fraction of sp³-hybridized carbons (Fsp3) is 0.375. The second-order valence-electron chi connectivity index (χ2n) is 4.81. The van der Waals surface area contributed by atoms with Crippen LogP contribution in [0.3, 0.4) is 0 Å². The van der Waals surface area contributed by atoms with Gasteiger partial charge in [0.25, 0.3) is 0 Å². The molecule has 4 nitrogen and oxygen atoms in total. The highest BCUT2D eigenvalue weighted by Crippen LogP contribution is 2.35. The summed E-state index contributed by atoms with van der Waals surface area (Å²) in [6, 6.07) is 2.91. The van der Waals surface area contributed by atoms with Crippen molar-refractivity contribution in [1.82, 2.24) is 0 Å². The lowest BCUT2D eigenvalue weighted by molar-refractivity contribution is -0.139. The highest BCUT2D eigenvalue weighted by Gasteiger charge is 2.18. The van der Waals surface area contributed by atoms with Crippen LogP contribution in [0.5, 0.6) is 5.75 Å². The Morgan fingerprint density at radius 2 is 1.91 bits per heavy atom. The molecule has 1 aromatic rings. The van der Waals surface area contributed by atoms with Gasteiger partial charge in [0.05, 0.1) is 5.02 Å². The highest BCUT2D eigenvalue weighted by molar-refractivity contribution is 6.45. The third-order valence-corrected chi connectivity index (χ3v) is 3.91. The largest absolute Gasteiger partial charge is 0.480 e. The summed E-state index contributed by atoms with van der Waals surface area (Å²) >= 11 is 12.1. The van der Waals surface area contributed by atoms with Crippen molar-refractivity contribution in [2.75, 3.05) is 6.61 Å². The smallest absolute Gasteiger partial charge is 0.341 e. The zero-order chi connectivity index (χ0) is 16.7. The van der Waals surface area contributed by atoms with Gasteiger partial charge in [-0.15, -0.1) is 0 Å². The number of hydrogen-bond acceptors (Lipinski definition) is 3. The van der Waals surface area contributed by atoms with Gasteiger partial charge >= 0.3 is 5.97 Å². The maximum atomic E-state index is 12.3. The van der Waals surface area contributed by atoms with Crippen molar-refractivity contribution in [3.05, 3.63) is 39.9 Å². The number of carbonyl (C=O) groups excluding carboxylic acids is 1. The number of hydrogen-bond donors (Lipinski definition) is 1. The van der Waals surface area contributed by atoms with E-state index in [-0.39, 0.29) is 27.1 Å². The number of allylic oxidation sites excluding steroid dienone is 1. The van der Waals surface area contributed by atoms with Crippen LogP contribution in [0.2, 0.25) is 10.0 Å². The molecular formula is C16H18Cl2O4. The fourth-order valence-electron chi connectivity index (χ4n) is 1.85. The Bertz CT molecular complexity index is 582. The molecule has 0 saturated carbocycles. The van der Waals surface area contributed by atoms with Crippen LogP contribution in [-0.2, 0) is 4.79 Å². The Hall–Kier alpha value is -1.52. The van der Waals surface area contributed by atoms with Crippen molar-refractivity contribution in [2.45, 2.75) is 32.6 Å². The summed E-state index contributed by atoms with van der Waals surface area (Å²) in [4.78, 5) is 22.8. The van der Waals surface area contributed by atoms with Gasteiger partial charge in [0.1, 0.15) is 10.8 Å². The molecule has 0 fully saturated rings. The molecule has 0 unspecified atom stereocenters. The number of ether oxygens (including phenoxy) is 1. The van der Waals surface area contributed by atoms with Crippen molar-refractivity contribution in [1.29, 1.82) is 0 Å². The Kier molecular flexibility index (Phi) is 7.42. The van der Waals surface area contributed by atoms with Gasteiger partial charge in [0, 0.05) is 5.56 Å². The molecule has 0 amide bonds. The summed E-state index contributed by atoms with van der Waals surface area (Å²) in [5, 5.41) is 8.66. The van der Waals surface area contributed by atoms with Gasteiger partial charge in [0.2, 0.25) is 0 Å². The number of ketones is 1. The quantitative estimate of drug-likeness (QED) is 0.398. The van der Waals surface area contributed by atoms with Gasteiger partial charge in [-0.3, -0.25) is 4.79 Å². The molecule has 0 aliphatic rings. The van der Waals surface area contributed by atoms with Crippen LogP contribution in [0.15, 0.2) is 24.3 Å². The first-order valence-electron chi connectivity index (χ1n) is 6.93. The van der Waals surface area contributed by atoms with Crippen LogP contribution in [0.25, 0.3) is 0 Å². The highest BCUT2D eigenvalue weighted by atomic mass is 35.5. The summed E-state index contributed by atoms with van der Waals surface area (Å²) in [7, 11) is 0. The molecule has 6 heteroatoms. The maximum absolute atomic E-state index is 12.3. The monoisotopic (exact) mass is 344 g/mol. The molecule has 120 valence electrons. The summed E-state index contributed by atoms with van der Waals surface area (Å²) in [6.45, 7) is 5.34. The third-order valence-electron chi connectivity index (χ3n) is 3.05. The Balaban J connectivity index is 2.88. The normalized spacial score (nSPS) is 10.3. The second kappa shape index (κ2) is 8.81. The molecule has 0 spiro atoms. The number of benzene rings is 1. The van der Waals surface area contributed by atoms with E-state index in [1.54, 1.807) is 0 Å². The van der Waals surface area contributed by atoms with Crippen molar-refractivity contribution < 1.29 is 19.4 Å². The van der Waals surface area contributed by atoms with Crippen molar-refractivity contribution in [3.8, 4) is 5.75 Å². The third kappa shape index (κ3) is 5.04. The Morgan fingerprint density at radius 1 is 1.23 bits per heavy atom. The van der Waals surface area contributed by atoms with E-state index in [0.717, 1.165) is 19.3 Å². The minimum Gasteiger partial charge on any atom is -0.480 e. The van der Waals surface area contributed by atoms with E-state index in [1.807, 2.05) is 0 Å². The van der Waals surface area contributed by atoms with Crippen molar-refractivity contribution >= 4 is 35.0 Å². The molecular weight excluding hydrogens is 327 g/mol. The number of aliphatic carboxylic acids is 1. The van der Waals surface area contributed by atoms with Gasteiger partial charge in [-0.2, -0.15) is 0 Å². The topological polar surface area (TPSA) is 63.6 Å². The van der Waals surface area contributed by atoms with E-state index in [9.17, 15) is 9.59 Å². The maximum Gasteiger partial charge on any atom is 0.341 e. The number of rotatable bonds is 9. The molecule has 22 heavy (non-hydrogen) atoms. The number of carboxylic acid groups (broad SMARTS) is 1. The molecule has 0 saturated heterocycles. The van der Waals surface area contributed by atoms with Crippen LogP contribution in [0.1, 0.15) is 43.0 Å². The summed E-state index contributed by atoms with van der Waals surface area (Å²) in [5.41, 5.74) is 0.724. The van der Waals surface area contributed by atoms with Crippen molar-refractivity contribution in [3.63, 3.8) is 0 Å². The van der Waals surface area contributed by atoms with E-state index in [0.29, 0.717) is 12.0 Å². The SMILES string of the molecule is C=C(CCCCC)C(=O)c1ccc(OCC(=O)O)c(Cl)c1Cl. The first-order chi connectivity index (χ1) is 10.4. The van der Waals surface area contributed by atoms with Gasteiger partial charge in [0.15, 0.2) is 12.4 Å². The fourth-order valence-corrected chi connectivity index (χ4v) is 2.31. The number of carboxylic acids is 1. The van der Waals surface area contributed by atoms with E-state index in [1.165, 1.54) is 12.1 Å². The molecule has 1 N–H and O–H groups in total. The molecule has 1 aromatic carbocycles. The first-order valence-corrected chi connectivity index (χ1v) is 7.69. The van der Waals surface area contributed by atoms with E-state index in [4.69, 9.17) is 33.0 Å².